The number of carbonyl (C=O) groups excluding carboxylic acids is 1. The molecule has 0 aliphatic rings. The summed E-state index contributed by atoms with van der Waals surface area (Å²) in [5, 5.41) is 12.7. The van der Waals surface area contributed by atoms with Crippen LogP contribution in [-0.2, 0) is 31.0 Å². The number of amides is 1. The monoisotopic (exact) mass is 371 g/mol. The molecule has 2 heterocycles. The molecule has 0 spiro atoms. The van der Waals surface area contributed by atoms with Crippen LogP contribution in [-0.4, -0.2) is 29.7 Å². The molecule has 0 unspecified atom stereocenters. The van der Waals surface area contributed by atoms with Gasteiger partial charge >= 0.3 is 5.69 Å². The highest BCUT2D eigenvalue weighted by molar-refractivity contribution is 5.91. The minimum atomic E-state index is -0.964. The van der Waals surface area contributed by atoms with Crippen LogP contribution in [0, 0.1) is 0 Å². The lowest BCUT2D eigenvalue weighted by molar-refractivity contribution is -0.116. The SMILES string of the molecule is Cn1c(=O)c2c(ncn2CC(=O)Nc2ccc(C(C)(C)O)cc2)n(C)c1=O. The minimum Gasteiger partial charge on any atom is -0.386 e. The number of anilines is 1. The van der Waals surface area contributed by atoms with Crippen molar-refractivity contribution < 1.29 is 9.90 Å². The van der Waals surface area contributed by atoms with Crippen molar-refractivity contribution >= 4 is 22.8 Å². The summed E-state index contributed by atoms with van der Waals surface area (Å²) in [7, 11) is 2.90. The number of aliphatic hydroxyl groups is 1. The molecule has 9 heteroatoms. The Bertz CT molecular complexity index is 1130. The van der Waals surface area contributed by atoms with E-state index in [-0.39, 0.29) is 23.6 Å². The van der Waals surface area contributed by atoms with E-state index in [0.29, 0.717) is 5.69 Å². The maximum Gasteiger partial charge on any atom is 0.332 e. The van der Waals surface area contributed by atoms with Gasteiger partial charge in [-0.05, 0) is 31.5 Å². The van der Waals surface area contributed by atoms with E-state index in [2.05, 4.69) is 10.3 Å². The van der Waals surface area contributed by atoms with Crippen LogP contribution in [0.25, 0.3) is 11.2 Å². The third kappa shape index (κ3) is 3.41. The number of nitrogens with zero attached hydrogens (tertiary/aromatic N) is 4. The summed E-state index contributed by atoms with van der Waals surface area (Å²) in [6.07, 6.45) is 1.36. The summed E-state index contributed by atoms with van der Waals surface area (Å²) in [5.74, 6) is -0.346. The number of hydrogen-bond donors (Lipinski definition) is 2. The molecule has 1 amide bonds. The zero-order valence-corrected chi connectivity index (χ0v) is 15.6. The van der Waals surface area contributed by atoms with Gasteiger partial charge in [0.05, 0.1) is 11.9 Å². The van der Waals surface area contributed by atoms with Gasteiger partial charge in [-0.3, -0.25) is 18.7 Å². The van der Waals surface area contributed by atoms with Gasteiger partial charge in [-0.15, -0.1) is 0 Å². The fraction of sp³-hybridized carbons (Fsp3) is 0.333. The molecule has 3 aromatic rings. The lowest BCUT2D eigenvalue weighted by Gasteiger charge is -2.18. The summed E-state index contributed by atoms with van der Waals surface area (Å²) in [5.41, 5.74) is -0.239. The van der Waals surface area contributed by atoms with E-state index in [1.165, 1.54) is 29.6 Å². The average Bonchev–Trinajstić information content (AvgIpc) is 3.01. The van der Waals surface area contributed by atoms with Gasteiger partial charge in [0.2, 0.25) is 5.91 Å². The van der Waals surface area contributed by atoms with Crippen molar-refractivity contribution in [3.05, 3.63) is 57.0 Å². The van der Waals surface area contributed by atoms with Crippen molar-refractivity contribution in [2.75, 3.05) is 5.32 Å². The van der Waals surface area contributed by atoms with Crippen molar-refractivity contribution in [1.82, 2.24) is 18.7 Å². The molecule has 0 aliphatic heterocycles. The highest BCUT2D eigenvalue weighted by atomic mass is 16.3. The first-order chi connectivity index (χ1) is 12.6. The van der Waals surface area contributed by atoms with E-state index in [9.17, 15) is 19.5 Å². The molecule has 1 aromatic carbocycles. The van der Waals surface area contributed by atoms with Crippen molar-refractivity contribution in [2.24, 2.45) is 14.1 Å². The first-order valence-corrected chi connectivity index (χ1v) is 8.33. The van der Waals surface area contributed by atoms with Gasteiger partial charge in [0.15, 0.2) is 11.2 Å². The number of aryl methyl sites for hydroxylation is 1. The van der Waals surface area contributed by atoms with Crippen LogP contribution in [0.4, 0.5) is 5.69 Å². The van der Waals surface area contributed by atoms with Gasteiger partial charge in [0.25, 0.3) is 5.56 Å². The van der Waals surface area contributed by atoms with Crippen LogP contribution in [0.15, 0.2) is 40.2 Å². The molecule has 0 atom stereocenters. The molecule has 0 saturated carbocycles. The Hall–Kier alpha value is -3.20. The molecule has 0 fully saturated rings. The van der Waals surface area contributed by atoms with Gasteiger partial charge in [-0.1, -0.05) is 12.1 Å². The van der Waals surface area contributed by atoms with Crippen LogP contribution in [0.5, 0.6) is 0 Å². The molecule has 9 nitrogen and oxygen atoms in total. The minimum absolute atomic E-state index is 0.128. The zero-order valence-electron chi connectivity index (χ0n) is 15.6. The van der Waals surface area contributed by atoms with Crippen LogP contribution >= 0.6 is 0 Å². The Kier molecular flexibility index (Phi) is 4.48. The van der Waals surface area contributed by atoms with E-state index in [4.69, 9.17) is 0 Å². The van der Waals surface area contributed by atoms with E-state index in [1.807, 2.05) is 0 Å². The molecule has 0 radical (unpaired) electrons. The molecular formula is C18H21N5O4. The quantitative estimate of drug-likeness (QED) is 0.685. The number of fused-ring (bicyclic) bond motifs is 1. The third-order valence-corrected chi connectivity index (χ3v) is 4.41. The second-order valence-electron chi connectivity index (χ2n) is 6.93. The van der Waals surface area contributed by atoms with Crippen LogP contribution in [0.2, 0.25) is 0 Å². The Morgan fingerprint density at radius 3 is 2.37 bits per heavy atom. The predicted octanol–water partition coefficient (Wildman–Crippen LogP) is 0.300. The lowest BCUT2D eigenvalue weighted by atomic mass is 9.98. The van der Waals surface area contributed by atoms with Gasteiger partial charge < -0.3 is 15.0 Å². The number of imidazole rings is 1. The smallest absolute Gasteiger partial charge is 0.332 e. The highest BCUT2D eigenvalue weighted by Crippen LogP contribution is 2.21. The molecule has 27 heavy (non-hydrogen) atoms. The van der Waals surface area contributed by atoms with Gasteiger partial charge in [0, 0.05) is 19.8 Å². The topological polar surface area (TPSA) is 111 Å². The normalized spacial score (nSPS) is 11.7. The van der Waals surface area contributed by atoms with Crippen LogP contribution in [0.3, 0.4) is 0 Å². The number of aromatic nitrogens is 4. The molecule has 0 bridgehead atoms. The fourth-order valence-electron chi connectivity index (χ4n) is 2.83. The number of benzene rings is 1. The summed E-state index contributed by atoms with van der Waals surface area (Å²) in [6, 6.07) is 6.85. The Morgan fingerprint density at radius 2 is 1.78 bits per heavy atom. The summed E-state index contributed by atoms with van der Waals surface area (Å²) >= 11 is 0. The van der Waals surface area contributed by atoms with E-state index < -0.39 is 16.9 Å². The highest BCUT2D eigenvalue weighted by Gasteiger charge is 2.17. The lowest BCUT2D eigenvalue weighted by Crippen LogP contribution is -2.37. The average molecular weight is 371 g/mol. The maximum absolute atomic E-state index is 12.4. The Labute approximate surface area is 154 Å². The summed E-state index contributed by atoms with van der Waals surface area (Å²) < 4.78 is 3.66. The summed E-state index contributed by atoms with van der Waals surface area (Å²) in [6.45, 7) is 3.23. The molecule has 2 N–H and O–H groups in total. The third-order valence-electron chi connectivity index (χ3n) is 4.41. The number of hydrogen-bond acceptors (Lipinski definition) is 5. The van der Waals surface area contributed by atoms with E-state index in [0.717, 1.165) is 10.1 Å². The molecule has 2 aromatic heterocycles. The molecule has 142 valence electrons. The maximum atomic E-state index is 12.4. The van der Waals surface area contributed by atoms with Crippen molar-refractivity contribution in [3.8, 4) is 0 Å². The van der Waals surface area contributed by atoms with Crippen molar-refractivity contribution in [3.63, 3.8) is 0 Å². The molecule has 0 saturated heterocycles. The van der Waals surface area contributed by atoms with Crippen molar-refractivity contribution in [2.45, 2.75) is 26.0 Å². The second-order valence-corrected chi connectivity index (χ2v) is 6.93. The first-order valence-electron chi connectivity index (χ1n) is 8.33. The summed E-state index contributed by atoms with van der Waals surface area (Å²) in [4.78, 5) is 40.8. The number of nitrogens with one attached hydrogen (secondary N) is 1. The van der Waals surface area contributed by atoms with E-state index in [1.54, 1.807) is 38.1 Å². The van der Waals surface area contributed by atoms with Crippen LogP contribution < -0.4 is 16.6 Å². The fourth-order valence-corrected chi connectivity index (χ4v) is 2.83. The van der Waals surface area contributed by atoms with Gasteiger partial charge in [-0.25, -0.2) is 9.78 Å². The standard InChI is InChI=1S/C18H21N5O4/c1-18(2,27)11-5-7-12(8-6-11)20-13(24)9-23-10-19-15-14(23)16(25)22(4)17(26)21(15)3/h5-8,10,27H,9H2,1-4H3,(H,20,24). The van der Waals surface area contributed by atoms with Gasteiger partial charge in [0.1, 0.15) is 6.54 Å². The predicted molar refractivity (Wildman–Crippen MR) is 101 cm³/mol. The number of rotatable bonds is 4. The second kappa shape index (κ2) is 6.51. The Morgan fingerprint density at radius 1 is 1.15 bits per heavy atom. The first kappa shape index (κ1) is 18.6. The Balaban J connectivity index is 1.85. The molecular weight excluding hydrogens is 350 g/mol. The zero-order chi connectivity index (χ0) is 19.9. The molecule has 0 aliphatic carbocycles. The van der Waals surface area contributed by atoms with Gasteiger partial charge in [-0.2, -0.15) is 0 Å². The van der Waals surface area contributed by atoms with Crippen LogP contribution in [0.1, 0.15) is 19.4 Å². The molecule has 3 rings (SSSR count). The largest absolute Gasteiger partial charge is 0.386 e. The van der Waals surface area contributed by atoms with Crippen molar-refractivity contribution in [1.29, 1.82) is 0 Å². The number of carbonyl (C=O) groups is 1. The van der Waals surface area contributed by atoms with E-state index >= 15 is 0 Å².